The number of fused-ring (bicyclic) bond motifs is 1. The smallest absolute Gasteiger partial charge is 0.173 e. The molecule has 3 nitrogen and oxygen atoms in total. The van der Waals surface area contributed by atoms with E-state index in [1.54, 1.807) is 0 Å². The molecule has 5 heteroatoms. The van der Waals surface area contributed by atoms with Crippen LogP contribution in [0.15, 0.2) is 39.3 Å². The number of nitrogens with one attached hydrogen (secondary N) is 1. The number of phenols is 2. The molecule has 3 N–H and O–H groups in total. The second kappa shape index (κ2) is 5.99. The first-order chi connectivity index (χ1) is 10.1. The summed E-state index contributed by atoms with van der Waals surface area (Å²) in [5.41, 5.74) is 3.26. The van der Waals surface area contributed by atoms with E-state index in [1.165, 1.54) is 5.56 Å². The van der Waals surface area contributed by atoms with Gasteiger partial charge in [-0.1, -0.05) is 30.3 Å². The van der Waals surface area contributed by atoms with Crippen molar-refractivity contribution in [2.45, 2.75) is 12.3 Å². The lowest BCUT2D eigenvalue weighted by atomic mass is 9.88. The van der Waals surface area contributed by atoms with Gasteiger partial charge in [0.15, 0.2) is 11.5 Å². The molecule has 0 bridgehead atoms. The SMILES string of the molecule is Oc1c(O)c(Br)c2c(c1Br)CCNCC2c1ccccc1. The first-order valence-electron chi connectivity index (χ1n) is 6.78. The molecule has 2 aromatic carbocycles. The summed E-state index contributed by atoms with van der Waals surface area (Å²) in [6, 6.07) is 10.2. The van der Waals surface area contributed by atoms with Gasteiger partial charge in [-0.2, -0.15) is 0 Å². The van der Waals surface area contributed by atoms with Crippen molar-refractivity contribution in [1.29, 1.82) is 0 Å². The number of rotatable bonds is 1. The second-order valence-electron chi connectivity index (χ2n) is 5.13. The minimum absolute atomic E-state index is 0.102. The van der Waals surface area contributed by atoms with Crippen molar-refractivity contribution in [1.82, 2.24) is 5.32 Å². The topological polar surface area (TPSA) is 52.5 Å². The van der Waals surface area contributed by atoms with E-state index in [9.17, 15) is 10.2 Å². The van der Waals surface area contributed by atoms with Crippen LogP contribution in [0.25, 0.3) is 0 Å². The van der Waals surface area contributed by atoms with E-state index in [1.807, 2.05) is 18.2 Å². The molecular formula is C16H15Br2NO2. The van der Waals surface area contributed by atoms with Gasteiger partial charge in [0.2, 0.25) is 0 Å². The average molecular weight is 413 g/mol. The summed E-state index contributed by atoms with van der Waals surface area (Å²) in [5.74, 6) is -0.0846. The normalized spacial score (nSPS) is 18.1. The summed E-state index contributed by atoms with van der Waals surface area (Å²) < 4.78 is 1.17. The fraction of sp³-hybridized carbons (Fsp3) is 0.250. The molecule has 110 valence electrons. The molecule has 1 atom stereocenters. The lowest BCUT2D eigenvalue weighted by Crippen LogP contribution is -2.21. The number of phenolic OH excluding ortho intramolecular Hbond substituents is 2. The number of halogens is 2. The lowest BCUT2D eigenvalue weighted by Gasteiger charge is -2.22. The fourth-order valence-corrected chi connectivity index (χ4v) is 4.17. The maximum Gasteiger partial charge on any atom is 0.173 e. The summed E-state index contributed by atoms with van der Waals surface area (Å²) in [5, 5.41) is 23.6. The third-order valence-corrected chi connectivity index (χ3v) is 5.57. The van der Waals surface area contributed by atoms with E-state index in [0.29, 0.717) is 8.95 Å². The molecule has 0 fully saturated rings. The Morgan fingerprint density at radius 1 is 1.00 bits per heavy atom. The summed E-state index contributed by atoms with van der Waals surface area (Å²) >= 11 is 6.89. The highest BCUT2D eigenvalue weighted by atomic mass is 79.9. The van der Waals surface area contributed by atoms with Gasteiger partial charge >= 0.3 is 0 Å². The van der Waals surface area contributed by atoms with Crippen LogP contribution in [0.3, 0.4) is 0 Å². The van der Waals surface area contributed by atoms with Gasteiger partial charge in [-0.3, -0.25) is 0 Å². The zero-order chi connectivity index (χ0) is 15.0. The lowest BCUT2D eigenvalue weighted by molar-refractivity contribution is 0.397. The Bertz CT molecular complexity index is 674. The predicted octanol–water partition coefficient (Wildman–Crippen LogP) is 3.90. The minimum Gasteiger partial charge on any atom is -0.503 e. The fourth-order valence-electron chi connectivity index (χ4n) is 2.87. The van der Waals surface area contributed by atoms with Gasteiger partial charge in [0.25, 0.3) is 0 Å². The van der Waals surface area contributed by atoms with Crippen molar-refractivity contribution >= 4 is 31.9 Å². The summed E-state index contributed by atoms with van der Waals surface area (Å²) in [6.45, 7) is 1.64. The summed E-state index contributed by atoms with van der Waals surface area (Å²) in [7, 11) is 0. The van der Waals surface area contributed by atoms with E-state index in [-0.39, 0.29) is 17.4 Å². The molecule has 0 saturated carbocycles. The summed E-state index contributed by atoms with van der Waals surface area (Å²) in [4.78, 5) is 0. The van der Waals surface area contributed by atoms with Crippen LogP contribution in [0.4, 0.5) is 0 Å². The molecule has 21 heavy (non-hydrogen) atoms. The molecule has 1 aliphatic heterocycles. The van der Waals surface area contributed by atoms with Gasteiger partial charge in [-0.05, 0) is 61.5 Å². The second-order valence-corrected chi connectivity index (χ2v) is 6.72. The Kier molecular flexibility index (Phi) is 4.24. The van der Waals surface area contributed by atoms with Crippen molar-refractivity contribution in [3.8, 4) is 11.5 Å². The monoisotopic (exact) mass is 411 g/mol. The number of hydrogen-bond acceptors (Lipinski definition) is 3. The summed E-state index contributed by atoms with van der Waals surface area (Å²) in [6.07, 6.45) is 0.797. The molecule has 0 spiro atoms. The zero-order valence-electron chi connectivity index (χ0n) is 11.2. The van der Waals surface area contributed by atoms with Crippen molar-refractivity contribution in [3.05, 3.63) is 56.0 Å². The first-order valence-corrected chi connectivity index (χ1v) is 8.37. The molecule has 0 saturated heterocycles. The molecule has 0 radical (unpaired) electrons. The van der Waals surface area contributed by atoms with Crippen molar-refractivity contribution in [2.75, 3.05) is 13.1 Å². The molecule has 3 rings (SSSR count). The van der Waals surface area contributed by atoms with Crippen LogP contribution in [0.1, 0.15) is 22.6 Å². The van der Waals surface area contributed by atoms with E-state index in [2.05, 4.69) is 49.3 Å². The number of aromatic hydroxyl groups is 2. The largest absolute Gasteiger partial charge is 0.503 e. The van der Waals surface area contributed by atoms with E-state index in [4.69, 9.17) is 0 Å². The van der Waals surface area contributed by atoms with Crippen LogP contribution >= 0.6 is 31.9 Å². The van der Waals surface area contributed by atoms with Gasteiger partial charge in [-0.25, -0.2) is 0 Å². The Labute approximate surface area is 140 Å². The molecule has 1 aliphatic rings. The van der Waals surface area contributed by atoms with Crippen LogP contribution in [-0.4, -0.2) is 23.3 Å². The van der Waals surface area contributed by atoms with Crippen LogP contribution in [0.5, 0.6) is 11.5 Å². The maximum atomic E-state index is 10.2. The van der Waals surface area contributed by atoms with Gasteiger partial charge in [0, 0.05) is 12.5 Å². The molecule has 0 aliphatic carbocycles. The zero-order valence-corrected chi connectivity index (χ0v) is 14.4. The molecule has 1 heterocycles. The molecule has 2 aromatic rings. The van der Waals surface area contributed by atoms with Crippen molar-refractivity contribution in [2.24, 2.45) is 0 Å². The van der Waals surface area contributed by atoms with Gasteiger partial charge in [0.05, 0.1) is 8.95 Å². The van der Waals surface area contributed by atoms with Crippen LogP contribution in [0.2, 0.25) is 0 Å². The molecule has 0 aromatic heterocycles. The molecular weight excluding hydrogens is 398 g/mol. The quantitative estimate of drug-likeness (QED) is 0.622. The molecule has 1 unspecified atom stereocenters. The third-order valence-electron chi connectivity index (χ3n) is 3.92. The molecule has 0 amide bonds. The van der Waals surface area contributed by atoms with Gasteiger partial charge < -0.3 is 15.5 Å². The van der Waals surface area contributed by atoms with Crippen LogP contribution in [-0.2, 0) is 6.42 Å². The predicted molar refractivity (Wildman–Crippen MR) is 90.0 cm³/mol. The Balaban J connectivity index is 2.25. The Morgan fingerprint density at radius 3 is 2.38 bits per heavy atom. The van der Waals surface area contributed by atoms with Crippen LogP contribution < -0.4 is 5.32 Å². The number of benzene rings is 2. The maximum absolute atomic E-state index is 10.2. The Morgan fingerprint density at radius 2 is 1.67 bits per heavy atom. The van der Waals surface area contributed by atoms with E-state index >= 15 is 0 Å². The first kappa shape index (κ1) is 14.9. The third kappa shape index (κ3) is 2.58. The van der Waals surface area contributed by atoms with Crippen molar-refractivity contribution in [3.63, 3.8) is 0 Å². The highest BCUT2D eigenvalue weighted by Gasteiger charge is 2.28. The highest BCUT2D eigenvalue weighted by molar-refractivity contribution is 9.11. The van der Waals surface area contributed by atoms with Crippen molar-refractivity contribution < 1.29 is 10.2 Å². The van der Waals surface area contributed by atoms with Gasteiger partial charge in [-0.15, -0.1) is 0 Å². The van der Waals surface area contributed by atoms with Gasteiger partial charge in [0.1, 0.15) is 0 Å². The van der Waals surface area contributed by atoms with Crippen LogP contribution in [0, 0.1) is 0 Å². The van der Waals surface area contributed by atoms with E-state index < -0.39 is 0 Å². The minimum atomic E-state index is -0.108. The standard InChI is InChI=1S/C16H15Br2NO2/c17-13-10-6-7-19-8-11(9-4-2-1-3-5-9)12(10)14(18)16(21)15(13)20/h1-5,11,19-21H,6-8H2. The number of hydrogen-bond donors (Lipinski definition) is 3. The highest BCUT2D eigenvalue weighted by Crippen LogP contribution is 2.48. The Hall–Kier alpha value is -1.04. The average Bonchev–Trinajstić information content (AvgIpc) is 2.74. The van der Waals surface area contributed by atoms with E-state index in [0.717, 1.165) is 30.6 Å².